The number of rotatable bonds is 8. The van der Waals surface area contributed by atoms with Gasteiger partial charge in [-0.3, -0.25) is 0 Å². The van der Waals surface area contributed by atoms with Crippen molar-refractivity contribution in [1.82, 2.24) is 0 Å². The van der Waals surface area contributed by atoms with E-state index < -0.39 is 0 Å². The van der Waals surface area contributed by atoms with Gasteiger partial charge in [0, 0.05) is 13.0 Å². The molecule has 1 aliphatic carbocycles. The molecule has 1 atom stereocenters. The minimum atomic E-state index is -0.0711. The van der Waals surface area contributed by atoms with Gasteiger partial charge in [-0.2, -0.15) is 0 Å². The fourth-order valence-electron chi connectivity index (χ4n) is 2.39. The van der Waals surface area contributed by atoms with Crippen LogP contribution in [0.15, 0.2) is 18.2 Å². The number of ether oxygens (including phenoxy) is 3. The second-order valence-corrected chi connectivity index (χ2v) is 5.52. The lowest BCUT2D eigenvalue weighted by atomic mass is 9.85. The zero-order valence-corrected chi connectivity index (χ0v) is 12.3. The standard InChI is InChI=1S/C16H22O4/c1-16(6-7-16)13(11-17)12-4-5-14(19-3)15(10-12)20-9-8-18-2/h4-5,10-11,13H,6-9H2,1-3H3. The Kier molecular flexibility index (Phi) is 4.65. The maximum atomic E-state index is 11.4. The monoisotopic (exact) mass is 278 g/mol. The summed E-state index contributed by atoms with van der Waals surface area (Å²) in [6, 6.07) is 5.72. The molecule has 4 nitrogen and oxygen atoms in total. The van der Waals surface area contributed by atoms with E-state index >= 15 is 0 Å². The van der Waals surface area contributed by atoms with E-state index in [0.717, 1.165) is 24.7 Å². The molecule has 1 aromatic carbocycles. The summed E-state index contributed by atoms with van der Waals surface area (Å²) in [5.74, 6) is 1.27. The molecule has 4 heteroatoms. The number of benzene rings is 1. The van der Waals surface area contributed by atoms with Gasteiger partial charge in [0.2, 0.25) is 0 Å². The number of methoxy groups -OCH3 is 2. The SMILES string of the molecule is COCCOc1cc(C(C=O)C2(C)CC2)ccc1OC. The summed E-state index contributed by atoms with van der Waals surface area (Å²) in [5, 5.41) is 0. The van der Waals surface area contributed by atoms with Crippen LogP contribution in [-0.4, -0.2) is 33.7 Å². The Hall–Kier alpha value is -1.55. The molecule has 2 rings (SSSR count). The Labute approximate surface area is 120 Å². The van der Waals surface area contributed by atoms with Crippen molar-refractivity contribution in [3.63, 3.8) is 0 Å². The third kappa shape index (κ3) is 3.12. The molecule has 0 aromatic heterocycles. The highest BCUT2D eigenvalue weighted by Gasteiger charge is 2.45. The molecule has 0 saturated heterocycles. The topological polar surface area (TPSA) is 44.8 Å². The molecule has 20 heavy (non-hydrogen) atoms. The average molecular weight is 278 g/mol. The van der Waals surface area contributed by atoms with Crippen molar-refractivity contribution >= 4 is 6.29 Å². The van der Waals surface area contributed by atoms with Crippen LogP contribution in [0, 0.1) is 5.41 Å². The van der Waals surface area contributed by atoms with Crippen LogP contribution in [-0.2, 0) is 9.53 Å². The van der Waals surface area contributed by atoms with Gasteiger partial charge in [-0.05, 0) is 36.0 Å². The highest BCUT2D eigenvalue weighted by atomic mass is 16.5. The van der Waals surface area contributed by atoms with Crippen molar-refractivity contribution in [1.29, 1.82) is 0 Å². The Morgan fingerprint density at radius 1 is 1.25 bits per heavy atom. The minimum absolute atomic E-state index is 0.0711. The van der Waals surface area contributed by atoms with Gasteiger partial charge < -0.3 is 19.0 Å². The summed E-state index contributed by atoms with van der Waals surface area (Å²) >= 11 is 0. The van der Waals surface area contributed by atoms with Crippen LogP contribution >= 0.6 is 0 Å². The lowest BCUT2D eigenvalue weighted by Gasteiger charge is -2.19. The van der Waals surface area contributed by atoms with Crippen molar-refractivity contribution in [3.05, 3.63) is 23.8 Å². The minimum Gasteiger partial charge on any atom is -0.493 e. The third-order valence-corrected chi connectivity index (χ3v) is 4.02. The molecule has 0 heterocycles. The first-order valence-electron chi connectivity index (χ1n) is 6.89. The molecule has 0 amide bonds. The van der Waals surface area contributed by atoms with Gasteiger partial charge in [0.15, 0.2) is 11.5 Å². The summed E-state index contributed by atoms with van der Waals surface area (Å²) in [5.41, 5.74) is 1.10. The average Bonchev–Trinajstić information content (AvgIpc) is 3.19. The van der Waals surface area contributed by atoms with E-state index in [1.165, 1.54) is 0 Å². The number of carbonyl (C=O) groups is 1. The quantitative estimate of drug-likeness (QED) is 0.542. The molecule has 110 valence electrons. The van der Waals surface area contributed by atoms with E-state index in [1.54, 1.807) is 14.2 Å². The number of aldehydes is 1. The summed E-state index contributed by atoms with van der Waals surface area (Å²) in [6.45, 7) is 3.13. The normalized spacial score (nSPS) is 17.4. The van der Waals surface area contributed by atoms with Crippen LogP contribution in [0.3, 0.4) is 0 Å². The van der Waals surface area contributed by atoms with E-state index in [2.05, 4.69) is 6.92 Å². The van der Waals surface area contributed by atoms with Crippen LogP contribution in [0.2, 0.25) is 0 Å². The van der Waals surface area contributed by atoms with Gasteiger partial charge in [0.25, 0.3) is 0 Å². The van der Waals surface area contributed by atoms with Crippen molar-refractivity contribution in [3.8, 4) is 11.5 Å². The number of hydrogen-bond acceptors (Lipinski definition) is 4. The molecule has 1 aliphatic rings. The van der Waals surface area contributed by atoms with Crippen LogP contribution in [0.4, 0.5) is 0 Å². The van der Waals surface area contributed by atoms with Gasteiger partial charge in [-0.15, -0.1) is 0 Å². The van der Waals surface area contributed by atoms with Gasteiger partial charge in [-0.1, -0.05) is 13.0 Å². The summed E-state index contributed by atoms with van der Waals surface area (Å²) in [6.07, 6.45) is 3.25. The molecule has 1 aromatic rings. The fourth-order valence-corrected chi connectivity index (χ4v) is 2.39. The zero-order valence-electron chi connectivity index (χ0n) is 12.3. The summed E-state index contributed by atoms with van der Waals surface area (Å²) < 4.78 is 15.9. The maximum Gasteiger partial charge on any atom is 0.161 e. The molecule has 1 unspecified atom stereocenters. The van der Waals surface area contributed by atoms with Crippen molar-refractivity contribution in [2.24, 2.45) is 5.41 Å². The molecule has 1 fully saturated rings. The second kappa shape index (κ2) is 6.27. The third-order valence-electron chi connectivity index (χ3n) is 4.02. The predicted molar refractivity (Wildman–Crippen MR) is 76.5 cm³/mol. The molecule has 0 N–H and O–H groups in total. The Morgan fingerprint density at radius 2 is 2.00 bits per heavy atom. The Bertz CT molecular complexity index is 466. The van der Waals surface area contributed by atoms with Gasteiger partial charge in [0.05, 0.1) is 13.7 Å². The first-order valence-corrected chi connectivity index (χ1v) is 6.89. The van der Waals surface area contributed by atoms with Gasteiger partial charge >= 0.3 is 0 Å². The van der Waals surface area contributed by atoms with Crippen LogP contribution < -0.4 is 9.47 Å². The second-order valence-electron chi connectivity index (χ2n) is 5.52. The van der Waals surface area contributed by atoms with Crippen molar-refractivity contribution in [2.75, 3.05) is 27.4 Å². The van der Waals surface area contributed by atoms with Gasteiger partial charge in [-0.25, -0.2) is 0 Å². The van der Waals surface area contributed by atoms with E-state index in [1.807, 2.05) is 18.2 Å². The van der Waals surface area contributed by atoms with E-state index in [9.17, 15) is 4.79 Å². The first-order chi connectivity index (χ1) is 9.64. The van der Waals surface area contributed by atoms with Gasteiger partial charge in [0.1, 0.15) is 12.9 Å². The van der Waals surface area contributed by atoms with Crippen LogP contribution in [0.25, 0.3) is 0 Å². The van der Waals surface area contributed by atoms with Crippen molar-refractivity contribution < 1.29 is 19.0 Å². The molecule has 1 saturated carbocycles. The van der Waals surface area contributed by atoms with Crippen LogP contribution in [0.1, 0.15) is 31.2 Å². The highest BCUT2D eigenvalue weighted by Crippen LogP contribution is 2.55. The van der Waals surface area contributed by atoms with E-state index in [-0.39, 0.29) is 11.3 Å². The molecule has 0 radical (unpaired) electrons. The molecule has 0 aliphatic heterocycles. The number of hydrogen-bond donors (Lipinski definition) is 0. The lowest BCUT2D eigenvalue weighted by Crippen LogP contribution is -2.13. The largest absolute Gasteiger partial charge is 0.493 e. The fraction of sp³-hybridized carbons (Fsp3) is 0.562. The molecular formula is C16H22O4. The van der Waals surface area contributed by atoms with E-state index in [4.69, 9.17) is 14.2 Å². The maximum absolute atomic E-state index is 11.4. The molecule has 0 spiro atoms. The Morgan fingerprint density at radius 3 is 2.55 bits per heavy atom. The Balaban J connectivity index is 2.21. The summed E-state index contributed by atoms with van der Waals surface area (Å²) in [7, 11) is 3.24. The van der Waals surface area contributed by atoms with E-state index in [0.29, 0.717) is 24.7 Å². The zero-order chi connectivity index (χ0) is 14.6. The molecular weight excluding hydrogens is 256 g/mol. The molecule has 0 bridgehead atoms. The number of carbonyl (C=O) groups excluding carboxylic acids is 1. The van der Waals surface area contributed by atoms with Crippen molar-refractivity contribution in [2.45, 2.75) is 25.7 Å². The first kappa shape index (κ1) is 14.9. The lowest BCUT2D eigenvalue weighted by molar-refractivity contribution is -0.110. The predicted octanol–water partition coefficient (Wildman–Crippen LogP) is 2.80. The smallest absolute Gasteiger partial charge is 0.161 e. The highest BCUT2D eigenvalue weighted by molar-refractivity contribution is 5.66. The van der Waals surface area contributed by atoms with Crippen LogP contribution in [0.5, 0.6) is 11.5 Å². The summed E-state index contributed by atoms with van der Waals surface area (Å²) in [4.78, 5) is 11.4.